The van der Waals surface area contributed by atoms with Crippen molar-refractivity contribution in [3.8, 4) is 5.75 Å². The van der Waals surface area contributed by atoms with Gasteiger partial charge in [-0.05, 0) is 28.1 Å². The third kappa shape index (κ3) is 1.94. The number of amides is 1. The number of rotatable bonds is 1. The second-order valence-corrected chi connectivity index (χ2v) is 2.83. The van der Waals surface area contributed by atoms with E-state index in [9.17, 15) is 9.18 Å². The fraction of sp³-hybridized carbons (Fsp3) is 0. The smallest absolute Gasteiger partial charge is 0.407 e. The summed E-state index contributed by atoms with van der Waals surface area (Å²) >= 11 is 2.93. The Labute approximate surface area is 76.4 Å². The van der Waals surface area contributed by atoms with Crippen LogP contribution in [0.5, 0.6) is 5.75 Å². The van der Waals surface area contributed by atoms with E-state index in [-0.39, 0.29) is 10.2 Å². The Hall–Kier alpha value is -1.10. The highest BCUT2D eigenvalue weighted by molar-refractivity contribution is 9.10. The van der Waals surface area contributed by atoms with E-state index in [1.165, 1.54) is 18.2 Å². The second kappa shape index (κ2) is 3.53. The first kappa shape index (κ1) is 8.99. The molecule has 1 rings (SSSR count). The van der Waals surface area contributed by atoms with Crippen molar-refractivity contribution in [2.24, 2.45) is 5.73 Å². The molecule has 0 heterocycles. The topological polar surface area (TPSA) is 52.3 Å². The average Bonchev–Trinajstić information content (AvgIpc) is 1.98. The van der Waals surface area contributed by atoms with Gasteiger partial charge >= 0.3 is 6.09 Å². The van der Waals surface area contributed by atoms with Gasteiger partial charge in [0.2, 0.25) is 0 Å². The van der Waals surface area contributed by atoms with Gasteiger partial charge in [0.15, 0.2) is 11.6 Å². The lowest BCUT2D eigenvalue weighted by atomic mass is 10.3. The largest absolute Gasteiger partial charge is 0.410 e. The fourth-order valence-corrected chi connectivity index (χ4v) is 1.02. The number of ether oxygens (including phenoxy) is 1. The third-order valence-electron chi connectivity index (χ3n) is 1.13. The van der Waals surface area contributed by atoms with Crippen molar-refractivity contribution in [1.29, 1.82) is 0 Å². The van der Waals surface area contributed by atoms with Crippen molar-refractivity contribution in [3.63, 3.8) is 0 Å². The molecule has 0 bridgehead atoms. The van der Waals surface area contributed by atoms with Gasteiger partial charge in [-0.3, -0.25) is 0 Å². The van der Waals surface area contributed by atoms with E-state index < -0.39 is 11.9 Å². The van der Waals surface area contributed by atoms with Crippen LogP contribution < -0.4 is 10.5 Å². The van der Waals surface area contributed by atoms with Gasteiger partial charge in [0.05, 0.1) is 4.47 Å². The minimum atomic E-state index is -1.04. The molecule has 0 aliphatic heterocycles. The summed E-state index contributed by atoms with van der Waals surface area (Å²) in [5.41, 5.74) is 4.70. The molecule has 1 amide bonds. The molecule has 0 aliphatic rings. The molecule has 1 aromatic rings. The quantitative estimate of drug-likeness (QED) is 0.808. The molecular formula is C7H5BrFNO2. The SMILES string of the molecule is NC(=O)Oc1cccc(Br)c1F. The van der Waals surface area contributed by atoms with E-state index in [0.29, 0.717) is 0 Å². The number of carbonyl (C=O) groups is 1. The van der Waals surface area contributed by atoms with E-state index in [1.54, 1.807) is 0 Å². The molecule has 12 heavy (non-hydrogen) atoms. The molecule has 0 aromatic heterocycles. The summed E-state index contributed by atoms with van der Waals surface area (Å²) in [5.74, 6) is -0.826. The van der Waals surface area contributed by atoms with Crippen LogP contribution in [0, 0.1) is 5.82 Å². The lowest BCUT2D eigenvalue weighted by molar-refractivity contribution is 0.208. The molecule has 0 aliphatic carbocycles. The minimum Gasteiger partial charge on any atom is -0.407 e. The average molecular weight is 234 g/mol. The first-order valence-electron chi connectivity index (χ1n) is 3.02. The number of primary amides is 1. The lowest BCUT2D eigenvalue weighted by Gasteiger charge is -2.02. The first-order valence-corrected chi connectivity index (χ1v) is 3.82. The number of halogens is 2. The van der Waals surface area contributed by atoms with Crippen molar-refractivity contribution in [1.82, 2.24) is 0 Å². The lowest BCUT2D eigenvalue weighted by Crippen LogP contribution is -2.16. The Balaban J connectivity index is 3.00. The van der Waals surface area contributed by atoms with Crippen molar-refractivity contribution in [2.75, 3.05) is 0 Å². The zero-order chi connectivity index (χ0) is 9.14. The van der Waals surface area contributed by atoms with E-state index in [1.807, 2.05) is 0 Å². The Kier molecular flexibility index (Phi) is 2.65. The van der Waals surface area contributed by atoms with Crippen molar-refractivity contribution in [2.45, 2.75) is 0 Å². The second-order valence-electron chi connectivity index (χ2n) is 1.97. The summed E-state index contributed by atoms with van der Waals surface area (Å²) in [6.45, 7) is 0. The minimum absolute atomic E-state index is 0.183. The van der Waals surface area contributed by atoms with Gasteiger partial charge in [-0.2, -0.15) is 0 Å². The molecule has 0 radical (unpaired) electrons. The first-order chi connectivity index (χ1) is 5.61. The predicted octanol–water partition coefficient (Wildman–Crippen LogP) is 2.05. The molecule has 0 saturated carbocycles. The van der Waals surface area contributed by atoms with Crippen LogP contribution >= 0.6 is 15.9 Å². The van der Waals surface area contributed by atoms with Crippen LogP contribution in [-0.2, 0) is 0 Å². The Morgan fingerprint density at radius 2 is 2.25 bits per heavy atom. The molecule has 5 heteroatoms. The van der Waals surface area contributed by atoms with Crippen LogP contribution in [0.3, 0.4) is 0 Å². The van der Waals surface area contributed by atoms with Gasteiger partial charge < -0.3 is 10.5 Å². The van der Waals surface area contributed by atoms with Crippen molar-refractivity contribution < 1.29 is 13.9 Å². The maximum absolute atomic E-state index is 13.0. The van der Waals surface area contributed by atoms with Gasteiger partial charge in [0.25, 0.3) is 0 Å². The highest BCUT2D eigenvalue weighted by atomic mass is 79.9. The molecule has 0 spiro atoms. The Bertz CT molecular complexity index is 316. The maximum atomic E-state index is 13.0. The van der Waals surface area contributed by atoms with E-state index in [2.05, 4.69) is 20.7 Å². The van der Waals surface area contributed by atoms with Crippen molar-refractivity contribution in [3.05, 3.63) is 28.5 Å². The van der Waals surface area contributed by atoms with Crippen LogP contribution in [0.2, 0.25) is 0 Å². The van der Waals surface area contributed by atoms with Gasteiger partial charge in [0, 0.05) is 0 Å². The van der Waals surface area contributed by atoms with Crippen LogP contribution in [0.15, 0.2) is 22.7 Å². The number of hydrogen-bond acceptors (Lipinski definition) is 2. The highest BCUT2D eigenvalue weighted by Gasteiger charge is 2.08. The molecule has 0 fully saturated rings. The van der Waals surface area contributed by atoms with E-state index >= 15 is 0 Å². The maximum Gasteiger partial charge on any atom is 0.410 e. The monoisotopic (exact) mass is 233 g/mol. The standard InChI is InChI=1S/C7H5BrFNO2/c8-4-2-1-3-5(6(4)9)12-7(10)11/h1-3H,(H2,10,11). The van der Waals surface area contributed by atoms with E-state index in [0.717, 1.165) is 0 Å². The third-order valence-corrected chi connectivity index (χ3v) is 1.74. The van der Waals surface area contributed by atoms with Crippen LogP contribution in [0.25, 0.3) is 0 Å². The normalized spacial score (nSPS) is 9.50. The van der Waals surface area contributed by atoms with E-state index in [4.69, 9.17) is 5.73 Å². The molecule has 3 nitrogen and oxygen atoms in total. The highest BCUT2D eigenvalue weighted by Crippen LogP contribution is 2.24. The predicted molar refractivity (Wildman–Crippen MR) is 44.3 cm³/mol. The number of nitrogens with two attached hydrogens (primary N) is 1. The summed E-state index contributed by atoms with van der Waals surface area (Å²) in [6.07, 6.45) is -1.04. The molecule has 64 valence electrons. The molecule has 0 unspecified atom stereocenters. The number of benzene rings is 1. The van der Waals surface area contributed by atoms with Gasteiger partial charge in [-0.1, -0.05) is 6.07 Å². The van der Waals surface area contributed by atoms with Crippen LogP contribution in [-0.4, -0.2) is 6.09 Å². The number of hydrogen-bond donors (Lipinski definition) is 1. The summed E-state index contributed by atoms with van der Waals surface area (Å²) in [6, 6.07) is 4.33. The van der Waals surface area contributed by atoms with Crippen molar-refractivity contribution >= 4 is 22.0 Å². The van der Waals surface area contributed by atoms with Crippen LogP contribution in [0.1, 0.15) is 0 Å². The number of carbonyl (C=O) groups excluding carboxylic acids is 1. The molecular weight excluding hydrogens is 229 g/mol. The molecule has 1 aromatic carbocycles. The summed E-state index contributed by atoms with van der Waals surface area (Å²) in [7, 11) is 0. The molecule has 0 saturated heterocycles. The van der Waals surface area contributed by atoms with Crippen LogP contribution in [0.4, 0.5) is 9.18 Å². The van der Waals surface area contributed by atoms with Gasteiger partial charge in [0.1, 0.15) is 0 Å². The summed E-state index contributed by atoms with van der Waals surface area (Å²) in [5, 5.41) is 0. The molecule has 0 atom stereocenters. The Morgan fingerprint density at radius 1 is 1.58 bits per heavy atom. The molecule has 2 N–H and O–H groups in total. The fourth-order valence-electron chi connectivity index (χ4n) is 0.671. The zero-order valence-corrected chi connectivity index (χ0v) is 7.47. The Morgan fingerprint density at radius 3 is 2.83 bits per heavy atom. The summed E-state index contributed by atoms with van der Waals surface area (Å²) in [4.78, 5) is 10.3. The zero-order valence-electron chi connectivity index (χ0n) is 5.88. The van der Waals surface area contributed by atoms with Gasteiger partial charge in [-0.15, -0.1) is 0 Å². The summed E-state index contributed by atoms with van der Waals surface area (Å²) < 4.78 is 17.6. The van der Waals surface area contributed by atoms with Gasteiger partial charge in [-0.25, -0.2) is 9.18 Å².